The van der Waals surface area contributed by atoms with E-state index in [1.54, 1.807) is 12.4 Å². The molecule has 2 aliphatic rings. The van der Waals surface area contributed by atoms with Gasteiger partial charge in [0, 0.05) is 18.6 Å². The first kappa shape index (κ1) is 35.0. The minimum absolute atomic E-state index is 0.0100. The predicted octanol–water partition coefficient (Wildman–Crippen LogP) is 2.61. The first-order chi connectivity index (χ1) is 22.7. The Morgan fingerprint density at radius 3 is 2.74 bits per heavy atom. The second-order valence-corrected chi connectivity index (χ2v) is 14.0. The lowest BCUT2D eigenvalue weighted by Gasteiger charge is -2.44. The third-order valence-corrected chi connectivity index (χ3v) is 10.7. The lowest BCUT2D eigenvalue weighted by molar-refractivity contribution is -0.191. The number of imidazole rings is 1. The van der Waals surface area contributed by atoms with Crippen LogP contribution < -0.4 is 0 Å². The van der Waals surface area contributed by atoms with Gasteiger partial charge in [-0.1, -0.05) is 28.9 Å². The molecular weight excluding hydrogens is 682 g/mol. The number of ether oxygens (including phenoxy) is 1. The van der Waals surface area contributed by atoms with Crippen molar-refractivity contribution < 1.29 is 42.5 Å². The van der Waals surface area contributed by atoms with Gasteiger partial charge in [-0.2, -0.15) is 9.59 Å². The topological polar surface area (TPSA) is 190 Å². The maximum absolute atomic E-state index is 15.7. The lowest BCUT2D eigenvalue weighted by Crippen LogP contribution is -2.43. The van der Waals surface area contributed by atoms with Crippen molar-refractivity contribution in [2.75, 3.05) is 33.0 Å². The molecule has 1 aromatic carbocycles. The van der Waals surface area contributed by atoms with Crippen LogP contribution in [0.25, 0.3) is 27.0 Å². The van der Waals surface area contributed by atoms with Gasteiger partial charge in [0.15, 0.2) is 23.2 Å². The zero-order chi connectivity index (χ0) is 33.7. The highest BCUT2D eigenvalue weighted by atomic mass is 35.5. The van der Waals surface area contributed by atoms with Crippen LogP contribution in [-0.2, 0) is 39.7 Å². The number of hydrogen-bond donors (Lipinski definition) is 2. The molecule has 1 saturated heterocycles. The minimum Gasteiger partial charge on any atom is -0.396 e. The Morgan fingerprint density at radius 2 is 2.02 bits per heavy atom. The van der Waals surface area contributed by atoms with Gasteiger partial charge in [0.05, 0.1) is 25.1 Å². The molecule has 6 rings (SSSR count). The van der Waals surface area contributed by atoms with Gasteiger partial charge in [0.1, 0.15) is 36.2 Å². The van der Waals surface area contributed by atoms with E-state index in [1.165, 1.54) is 11.0 Å². The highest BCUT2D eigenvalue weighted by Gasteiger charge is 2.51. The highest BCUT2D eigenvalue weighted by molar-refractivity contribution is 8.07. The minimum atomic E-state index is -3.69. The van der Waals surface area contributed by atoms with Crippen LogP contribution in [0.1, 0.15) is 24.3 Å². The molecule has 0 bridgehead atoms. The molecule has 16 nitrogen and oxygen atoms in total. The number of aryl methyl sites for hydroxylation is 1. The van der Waals surface area contributed by atoms with Gasteiger partial charge in [-0.15, -0.1) is 5.10 Å². The van der Waals surface area contributed by atoms with Gasteiger partial charge >= 0.3 is 12.9 Å². The summed E-state index contributed by atoms with van der Waals surface area (Å²) in [5, 5.41) is 28.7. The van der Waals surface area contributed by atoms with Gasteiger partial charge in [-0.3, -0.25) is 4.52 Å². The number of halogens is 2. The maximum Gasteiger partial charge on any atom is 0.373 e. The SMILES string of the molecule is O=C=O.[C-]#[N+]CCOP(=S)(OC[C@H]1C[C@@H](n2cnc3c(Cl)ncnc32)[C@@H]1CO)O[C@@H]1[C@H](F)[C@@H](CO)O[C@H]1n1nnc2c(C)cccc21. The number of carbonyl (C=O) groups excluding carboxylic acids is 2. The monoisotopic (exact) mass is 710 g/mol. The first-order valence-corrected chi connectivity index (χ1v) is 17.2. The van der Waals surface area contributed by atoms with E-state index in [1.807, 2.05) is 23.6 Å². The predicted molar refractivity (Wildman–Crippen MR) is 164 cm³/mol. The number of nitrogens with zero attached hydrogens (tertiary/aromatic N) is 8. The van der Waals surface area contributed by atoms with Gasteiger partial charge in [0.25, 0.3) is 0 Å². The molecule has 20 heteroatoms. The molecule has 1 aliphatic carbocycles. The fraction of sp³-hybridized carbons (Fsp3) is 0.519. The van der Waals surface area contributed by atoms with E-state index in [0.29, 0.717) is 28.6 Å². The van der Waals surface area contributed by atoms with Crippen LogP contribution in [0.3, 0.4) is 0 Å². The Labute approximate surface area is 276 Å². The summed E-state index contributed by atoms with van der Waals surface area (Å²) in [5.41, 5.74) is 3.08. The van der Waals surface area contributed by atoms with E-state index >= 15 is 4.39 Å². The zero-order valence-electron chi connectivity index (χ0n) is 24.7. The smallest absolute Gasteiger partial charge is 0.373 e. The second kappa shape index (κ2) is 15.3. The van der Waals surface area contributed by atoms with E-state index in [4.69, 9.17) is 57.9 Å². The molecular formula is C27H29ClFN8O8PS. The number of aliphatic hydroxyl groups excluding tert-OH is 2. The van der Waals surface area contributed by atoms with Crippen LogP contribution in [-0.4, -0.2) is 102 Å². The van der Waals surface area contributed by atoms with Crippen molar-refractivity contribution in [2.45, 2.75) is 44.0 Å². The molecule has 2 N–H and O–H groups in total. The Balaban J connectivity index is 0.00000139. The lowest BCUT2D eigenvalue weighted by atomic mass is 9.70. The number of fused-ring (bicyclic) bond motifs is 2. The van der Waals surface area contributed by atoms with Gasteiger partial charge in [-0.25, -0.2) is 30.6 Å². The Hall–Kier alpha value is -3.33. The molecule has 4 aromatic rings. The zero-order valence-corrected chi connectivity index (χ0v) is 27.2. The average molecular weight is 711 g/mol. The quantitative estimate of drug-likeness (QED) is 0.0944. The standard InChI is InChI=1S/C26H29ClFN8O6PS.CO2/c1-14-4-3-5-17-21(14)33-34-36(17)26-23(20(28)19(10-38)41-26)42-43(44,39-7-6-29-2)40-11-15-8-18(16(15)9-37)35-13-32-22-24(27)30-12-31-25(22)35;2-1-3/h3-5,12-13,15-16,18-20,23,26,37-38H,6-11H2,1H3;/t15-,16-,18-,19-,20-,23-,26-,43?;/m1./s1. The van der Waals surface area contributed by atoms with E-state index < -0.39 is 37.9 Å². The summed E-state index contributed by atoms with van der Waals surface area (Å²) >= 11 is 11.9. The molecule has 0 spiro atoms. The third kappa shape index (κ3) is 7.10. The molecule has 8 atom stereocenters. The molecule has 0 amide bonds. The number of hydrogen-bond acceptors (Lipinski definition) is 14. The van der Waals surface area contributed by atoms with Crippen molar-refractivity contribution in [2.24, 2.45) is 11.8 Å². The van der Waals surface area contributed by atoms with Gasteiger partial charge in [0.2, 0.25) is 6.54 Å². The molecule has 1 unspecified atom stereocenters. The summed E-state index contributed by atoms with van der Waals surface area (Å²) in [6.07, 6.45) is -1.70. The fourth-order valence-corrected chi connectivity index (χ4v) is 7.97. The largest absolute Gasteiger partial charge is 0.396 e. The second-order valence-electron chi connectivity index (χ2n) is 10.7. The maximum atomic E-state index is 15.7. The molecule has 47 heavy (non-hydrogen) atoms. The van der Waals surface area contributed by atoms with Crippen LogP contribution in [0, 0.1) is 25.3 Å². The number of benzene rings is 1. The van der Waals surface area contributed by atoms with E-state index in [2.05, 4.69) is 30.1 Å². The molecule has 4 heterocycles. The van der Waals surface area contributed by atoms with E-state index in [0.717, 1.165) is 5.56 Å². The van der Waals surface area contributed by atoms with Crippen LogP contribution in [0.15, 0.2) is 30.9 Å². The van der Waals surface area contributed by atoms with Gasteiger partial charge in [-0.05, 0) is 42.7 Å². The van der Waals surface area contributed by atoms with Crippen LogP contribution in [0.5, 0.6) is 0 Å². The molecule has 3 aromatic heterocycles. The number of alkyl halides is 1. The van der Waals surface area contributed by atoms with Crippen LogP contribution in [0.2, 0.25) is 5.15 Å². The average Bonchev–Trinajstić information content (AvgIpc) is 3.74. The highest BCUT2D eigenvalue weighted by Crippen LogP contribution is 2.56. The van der Waals surface area contributed by atoms with Crippen molar-refractivity contribution in [3.8, 4) is 0 Å². The summed E-state index contributed by atoms with van der Waals surface area (Å²) < 4.78 is 42.9. The molecule has 1 aliphatic heterocycles. The summed E-state index contributed by atoms with van der Waals surface area (Å²) in [5.74, 6) is -0.396. The summed E-state index contributed by atoms with van der Waals surface area (Å²) in [4.78, 5) is 32.1. The number of rotatable bonds is 12. The normalized spacial score (nSPS) is 26.6. The Morgan fingerprint density at radius 1 is 1.23 bits per heavy atom. The van der Waals surface area contributed by atoms with E-state index in [-0.39, 0.29) is 55.5 Å². The first-order valence-electron chi connectivity index (χ1n) is 14.2. The number of aromatic nitrogens is 7. The third-order valence-electron chi connectivity index (χ3n) is 8.07. The van der Waals surface area contributed by atoms with Gasteiger partial charge < -0.3 is 33.4 Å². The molecule has 0 radical (unpaired) electrons. The van der Waals surface area contributed by atoms with Crippen molar-refractivity contribution >= 4 is 58.5 Å². The van der Waals surface area contributed by atoms with Crippen LogP contribution >= 0.6 is 18.3 Å². The Kier molecular flexibility index (Phi) is 11.4. The summed E-state index contributed by atoms with van der Waals surface area (Å²) in [6.45, 7) is 4.49. The Bertz CT molecular complexity index is 1840. The molecule has 1 saturated carbocycles. The van der Waals surface area contributed by atoms with Crippen molar-refractivity contribution in [1.29, 1.82) is 0 Å². The summed E-state index contributed by atoms with van der Waals surface area (Å²) in [7, 11) is 0. The van der Waals surface area contributed by atoms with Crippen molar-refractivity contribution in [3.63, 3.8) is 0 Å². The molecule has 2 fully saturated rings. The van der Waals surface area contributed by atoms with E-state index in [9.17, 15) is 10.2 Å². The summed E-state index contributed by atoms with van der Waals surface area (Å²) in [6, 6.07) is 5.33. The van der Waals surface area contributed by atoms with Crippen molar-refractivity contribution in [1.82, 2.24) is 34.5 Å². The number of aliphatic hydroxyl groups is 2. The van der Waals surface area contributed by atoms with Crippen molar-refractivity contribution in [3.05, 3.63) is 53.0 Å². The van der Waals surface area contributed by atoms with Crippen LogP contribution in [0.4, 0.5) is 4.39 Å². The fourth-order valence-electron chi connectivity index (χ4n) is 5.70. The molecule has 250 valence electrons.